The first-order chi connectivity index (χ1) is 8.70. The number of hydrogen-bond acceptors (Lipinski definition) is 2. The molecule has 3 heteroatoms. The third-order valence-corrected chi connectivity index (χ3v) is 2.99. The van der Waals surface area contributed by atoms with Gasteiger partial charge in [-0.15, -0.1) is 0 Å². The first kappa shape index (κ1) is 12.4. The van der Waals surface area contributed by atoms with Gasteiger partial charge in [0.05, 0.1) is 0 Å². The van der Waals surface area contributed by atoms with Crippen molar-refractivity contribution in [1.82, 2.24) is 0 Å². The number of hydrogen-bond donors (Lipinski definition) is 1. The van der Waals surface area contributed by atoms with E-state index in [1.54, 1.807) is 12.1 Å². The van der Waals surface area contributed by atoms with Crippen LogP contribution in [0.5, 0.6) is 0 Å². The van der Waals surface area contributed by atoms with E-state index in [0.717, 1.165) is 30.0 Å². The summed E-state index contributed by atoms with van der Waals surface area (Å²) >= 11 is 0. The van der Waals surface area contributed by atoms with Gasteiger partial charge in [-0.25, -0.2) is 4.39 Å². The van der Waals surface area contributed by atoms with Gasteiger partial charge >= 0.3 is 0 Å². The number of para-hydroxylation sites is 1. The van der Waals surface area contributed by atoms with Crippen LogP contribution in [0.15, 0.2) is 48.5 Å². The average Bonchev–Trinajstić information content (AvgIpc) is 2.39. The Morgan fingerprint density at radius 1 is 1.06 bits per heavy atom. The minimum Gasteiger partial charge on any atom is -0.398 e. The van der Waals surface area contributed by atoms with Crippen LogP contribution in [0.25, 0.3) is 0 Å². The molecule has 0 spiro atoms. The molecule has 2 aromatic carbocycles. The summed E-state index contributed by atoms with van der Waals surface area (Å²) in [6, 6.07) is 14.3. The minimum atomic E-state index is -0.214. The average molecular weight is 244 g/mol. The van der Waals surface area contributed by atoms with Gasteiger partial charge in [0.15, 0.2) is 0 Å². The Morgan fingerprint density at radius 3 is 2.33 bits per heavy atom. The zero-order chi connectivity index (χ0) is 13.0. The molecule has 0 saturated heterocycles. The molecule has 2 rings (SSSR count). The second kappa shape index (κ2) is 5.54. The summed E-state index contributed by atoms with van der Waals surface area (Å²) < 4.78 is 12.9. The molecule has 2 nitrogen and oxygen atoms in total. The zero-order valence-electron chi connectivity index (χ0n) is 10.4. The van der Waals surface area contributed by atoms with Crippen LogP contribution in [-0.2, 0) is 6.54 Å². The molecule has 0 aromatic heterocycles. The smallest absolute Gasteiger partial charge is 0.123 e. The molecular formula is C15H17FN2. The van der Waals surface area contributed by atoms with E-state index >= 15 is 0 Å². The van der Waals surface area contributed by atoms with E-state index in [2.05, 4.69) is 11.8 Å². The van der Waals surface area contributed by atoms with Crippen molar-refractivity contribution in [3.8, 4) is 0 Å². The van der Waals surface area contributed by atoms with E-state index in [1.807, 2.05) is 24.3 Å². The first-order valence-electron chi connectivity index (χ1n) is 6.04. The highest BCUT2D eigenvalue weighted by atomic mass is 19.1. The summed E-state index contributed by atoms with van der Waals surface area (Å²) in [6.45, 7) is 3.65. The molecule has 2 aromatic rings. The third kappa shape index (κ3) is 2.80. The normalized spacial score (nSPS) is 10.3. The van der Waals surface area contributed by atoms with E-state index in [4.69, 9.17) is 5.73 Å². The number of anilines is 2. The van der Waals surface area contributed by atoms with E-state index in [-0.39, 0.29) is 5.82 Å². The van der Waals surface area contributed by atoms with Crippen molar-refractivity contribution in [2.45, 2.75) is 13.5 Å². The van der Waals surface area contributed by atoms with Crippen LogP contribution >= 0.6 is 0 Å². The topological polar surface area (TPSA) is 29.3 Å². The summed E-state index contributed by atoms with van der Waals surface area (Å²) in [7, 11) is 0. The fourth-order valence-electron chi connectivity index (χ4n) is 1.92. The van der Waals surface area contributed by atoms with Gasteiger partial charge < -0.3 is 10.6 Å². The highest BCUT2D eigenvalue weighted by Gasteiger charge is 2.07. The molecule has 0 heterocycles. The van der Waals surface area contributed by atoms with Crippen molar-refractivity contribution in [3.05, 3.63) is 59.9 Å². The monoisotopic (exact) mass is 244 g/mol. The molecule has 0 radical (unpaired) electrons. The lowest BCUT2D eigenvalue weighted by Gasteiger charge is -2.24. The predicted molar refractivity (Wildman–Crippen MR) is 74.0 cm³/mol. The van der Waals surface area contributed by atoms with Crippen molar-refractivity contribution < 1.29 is 4.39 Å². The van der Waals surface area contributed by atoms with Crippen LogP contribution in [0.4, 0.5) is 15.8 Å². The molecule has 0 amide bonds. The number of benzene rings is 2. The van der Waals surface area contributed by atoms with Crippen molar-refractivity contribution >= 4 is 11.4 Å². The standard InChI is InChI=1S/C15H17FN2/c1-2-18(14-9-7-13(16)8-10-14)11-12-5-3-4-6-15(12)17/h3-10H,2,11,17H2,1H3. The van der Waals surface area contributed by atoms with Gasteiger partial charge in [0.2, 0.25) is 0 Å². The van der Waals surface area contributed by atoms with E-state index in [0.29, 0.717) is 0 Å². The predicted octanol–water partition coefficient (Wildman–Crippen LogP) is 3.43. The molecule has 0 aliphatic heterocycles. The summed E-state index contributed by atoms with van der Waals surface area (Å²) in [5.41, 5.74) is 8.82. The van der Waals surface area contributed by atoms with Crippen molar-refractivity contribution in [2.24, 2.45) is 0 Å². The molecule has 0 fully saturated rings. The second-order valence-corrected chi connectivity index (χ2v) is 4.19. The van der Waals surface area contributed by atoms with Gasteiger partial charge in [0.1, 0.15) is 5.82 Å². The van der Waals surface area contributed by atoms with Gasteiger partial charge in [0, 0.05) is 24.5 Å². The Labute approximate surface area is 107 Å². The van der Waals surface area contributed by atoms with Crippen molar-refractivity contribution in [2.75, 3.05) is 17.2 Å². The summed E-state index contributed by atoms with van der Waals surface area (Å²) in [5.74, 6) is -0.214. The maximum atomic E-state index is 12.9. The summed E-state index contributed by atoms with van der Waals surface area (Å²) in [4.78, 5) is 2.16. The molecule has 18 heavy (non-hydrogen) atoms. The highest BCUT2D eigenvalue weighted by molar-refractivity contribution is 5.52. The van der Waals surface area contributed by atoms with Crippen LogP contribution in [0.1, 0.15) is 12.5 Å². The molecule has 2 N–H and O–H groups in total. The van der Waals surface area contributed by atoms with Gasteiger partial charge in [-0.2, -0.15) is 0 Å². The number of nitrogen functional groups attached to an aromatic ring is 1. The van der Waals surface area contributed by atoms with Crippen molar-refractivity contribution in [3.63, 3.8) is 0 Å². The van der Waals surface area contributed by atoms with Crippen LogP contribution in [0.3, 0.4) is 0 Å². The first-order valence-corrected chi connectivity index (χ1v) is 6.04. The molecule has 0 aliphatic carbocycles. The van der Waals surface area contributed by atoms with Gasteiger partial charge in [-0.3, -0.25) is 0 Å². The van der Waals surface area contributed by atoms with Gasteiger partial charge in [-0.1, -0.05) is 18.2 Å². The Bertz CT molecular complexity index is 508. The molecular weight excluding hydrogens is 227 g/mol. The van der Waals surface area contributed by atoms with Crippen LogP contribution < -0.4 is 10.6 Å². The lowest BCUT2D eigenvalue weighted by Crippen LogP contribution is -2.22. The quantitative estimate of drug-likeness (QED) is 0.835. The lowest BCUT2D eigenvalue weighted by molar-refractivity contribution is 0.627. The summed E-state index contributed by atoms with van der Waals surface area (Å²) in [6.07, 6.45) is 0. The number of nitrogens with zero attached hydrogens (tertiary/aromatic N) is 1. The highest BCUT2D eigenvalue weighted by Crippen LogP contribution is 2.20. The third-order valence-electron chi connectivity index (χ3n) is 2.99. The molecule has 0 aliphatic rings. The number of nitrogens with two attached hydrogens (primary N) is 1. The maximum absolute atomic E-state index is 12.9. The fourth-order valence-corrected chi connectivity index (χ4v) is 1.92. The largest absolute Gasteiger partial charge is 0.398 e. The molecule has 0 atom stereocenters. The molecule has 0 bridgehead atoms. The van der Waals surface area contributed by atoms with E-state index < -0.39 is 0 Å². The van der Waals surface area contributed by atoms with Crippen LogP contribution in [0, 0.1) is 5.82 Å². The van der Waals surface area contributed by atoms with Gasteiger partial charge in [0.25, 0.3) is 0 Å². The number of rotatable bonds is 4. The van der Waals surface area contributed by atoms with E-state index in [9.17, 15) is 4.39 Å². The van der Waals surface area contributed by atoms with Crippen LogP contribution in [-0.4, -0.2) is 6.54 Å². The number of halogens is 1. The lowest BCUT2D eigenvalue weighted by atomic mass is 10.1. The summed E-state index contributed by atoms with van der Waals surface area (Å²) in [5, 5.41) is 0. The minimum absolute atomic E-state index is 0.214. The Balaban J connectivity index is 2.20. The maximum Gasteiger partial charge on any atom is 0.123 e. The Hall–Kier alpha value is -2.03. The van der Waals surface area contributed by atoms with Crippen LogP contribution in [0.2, 0.25) is 0 Å². The Morgan fingerprint density at radius 2 is 1.72 bits per heavy atom. The molecule has 94 valence electrons. The van der Waals surface area contributed by atoms with E-state index in [1.165, 1.54) is 12.1 Å². The van der Waals surface area contributed by atoms with Gasteiger partial charge in [-0.05, 0) is 42.8 Å². The zero-order valence-corrected chi connectivity index (χ0v) is 10.4. The SMILES string of the molecule is CCN(Cc1ccccc1N)c1ccc(F)cc1. The fraction of sp³-hybridized carbons (Fsp3) is 0.200. The Kier molecular flexibility index (Phi) is 3.82. The molecule has 0 saturated carbocycles. The second-order valence-electron chi connectivity index (χ2n) is 4.19. The molecule has 0 unspecified atom stereocenters. The van der Waals surface area contributed by atoms with Crippen molar-refractivity contribution in [1.29, 1.82) is 0 Å².